The summed E-state index contributed by atoms with van der Waals surface area (Å²) in [6.45, 7) is 10.5. The van der Waals surface area contributed by atoms with Crippen LogP contribution in [0, 0.1) is 0 Å². The van der Waals surface area contributed by atoms with Crippen molar-refractivity contribution in [3.05, 3.63) is 35.5 Å². The first-order chi connectivity index (χ1) is 19.8. The van der Waals surface area contributed by atoms with Crippen LogP contribution in [0.25, 0.3) is 11.1 Å². The van der Waals surface area contributed by atoms with Crippen LogP contribution in [0.3, 0.4) is 0 Å². The van der Waals surface area contributed by atoms with Gasteiger partial charge in [0.25, 0.3) is 0 Å². The molecule has 1 aliphatic heterocycles. The Morgan fingerprint density at radius 1 is 1.02 bits per heavy atom. The van der Waals surface area contributed by atoms with E-state index in [1.54, 1.807) is 0 Å². The van der Waals surface area contributed by atoms with Gasteiger partial charge < -0.3 is 25.6 Å². The lowest BCUT2D eigenvalue weighted by Crippen LogP contribution is -2.46. The van der Waals surface area contributed by atoms with E-state index in [1.165, 1.54) is 48.8 Å². The van der Waals surface area contributed by atoms with Gasteiger partial charge in [-0.2, -0.15) is 4.98 Å². The number of aromatic nitrogens is 2. The molecule has 0 radical (unpaired) electrons. The van der Waals surface area contributed by atoms with Crippen LogP contribution in [0.15, 0.2) is 24.4 Å². The molecule has 3 aliphatic rings. The van der Waals surface area contributed by atoms with Gasteiger partial charge in [-0.1, -0.05) is 50.8 Å². The van der Waals surface area contributed by atoms with Crippen molar-refractivity contribution in [1.29, 1.82) is 0 Å². The van der Waals surface area contributed by atoms with Gasteiger partial charge in [0.2, 0.25) is 5.95 Å². The number of ether oxygens (including phenoxy) is 1. The molecular formula is C33H50N6O2. The van der Waals surface area contributed by atoms with Crippen LogP contribution >= 0.6 is 0 Å². The molecule has 5 rings (SSSR count). The van der Waals surface area contributed by atoms with Crippen molar-refractivity contribution in [2.75, 3.05) is 16.8 Å². The molecule has 224 valence electrons. The summed E-state index contributed by atoms with van der Waals surface area (Å²) in [5, 5.41) is 10.3. The monoisotopic (exact) mass is 562 g/mol. The first-order valence-corrected chi connectivity index (χ1v) is 16.0. The summed E-state index contributed by atoms with van der Waals surface area (Å²) in [5.41, 5.74) is 4.58. The molecule has 0 atom stereocenters. The molecule has 2 fully saturated rings. The van der Waals surface area contributed by atoms with E-state index in [4.69, 9.17) is 14.7 Å². The normalized spacial score (nSPS) is 21.1. The van der Waals surface area contributed by atoms with Crippen molar-refractivity contribution in [3.8, 4) is 11.1 Å². The molecule has 2 aromatic rings. The van der Waals surface area contributed by atoms with Gasteiger partial charge in [0.1, 0.15) is 11.4 Å². The zero-order valence-corrected chi connectivity index (χ0v) is 25.6. The van der Waals surface area contributed by atoms with E-state index in [0.717, 1.165) is 69.5 Å². The highest BCUT2D eigenvalue weighted by molar-refractivity contribution is 5.82. The summed E-state index contributed by atoms with van der Waals surface area (Å²) < 4.78 is 5.50. The third-order valence-corrected chi connectivity index (χ3v) is 8.71. The molecule has 41 heavy (non-hydrogen) atoms. The number of hydrogen-bond donors (Lipinski definition) is 3. The first-order valence-electron chi connectivity index (χ1n) is 16.0. The van der Waals surface area contributed by atoms with Gasteiger partial charge in [-0.25, -0.2) is 9.78 Å². The molecule has 1 amide bonds. The number of alkyl carbamates (subject to hydrolysis) is 1. The van der Waals surface area contributed by atoms with E-state index >= 15 is 0 Å². The minimum absolute atomic E-state index is 0.145. The predicted octanol–water partition coefficient (Wildman–Crippen LogP) is 6.93. The summed E-state index contributed by atoms with van der Waals surface area (Å²) in [4.78, 5) is 24.7. The molecule has 2 saturated carbocycles. The smallest absolute Gasteiger partial charge is 0.407 e. The fraction of sp³-hybridized carbons (Fsp3) is 0.667. The number of carbonyl (C=O) groups excluding carboxylic acids is 1. The molecule has 0 spiro atoms. The fourth-order valence-electron chi connectivity index (χ4n) is 6.53. The lowest BCUT2D eigenvalue weighted by molar-refractivity contribution is 0.0491. The van der Waals surface area contributed by atoms with Crippen LogP contribution in [-0.2, 0) is 17.8 Å². The molecule has 3 N–H and O–H groups in total. The van der Waals surface area contributed by atoms with E-state index in [1.807, 2.05) is 27.0 Å². The maximum atomic E-state index is 12.4. The molecule has 2 heterocycles. The summed E-state index contributed by atoms with van der Waals surface area (Å²) in [6, 6.07) is 8.10. The second-order valence-electron chi connectivity index (χ2n) is 13.2. The maximum Gasteiger partial charge on any atom is 0.407 e. The highest BCUT2D eigenvalue weighted by Crippen LogP contribution is 2.41. The highest BCUT2D eigenvalue weighted by atomic mass is 16.6. The van der Waals surface area contributed by atoms with Gasteiger partial charge in [-0.3, -0.25) is 0 Å². The molecule has 8 heteroatoms. The molecule has 0 bridgehead atoms. The van der Waals surface area contributed by atoms with Crippen molar-refractivity contribution in [3.63, 3.8) is 0 Å². The van der Waals surface area contributed by atoms with Crippen molar-refractivity contribution in [1.82, 2.24) is 20.6 Å². The Balaban J connectivity index is 1.32. The minimum atomic E-state index is -0.487. The zero-order chi connectivity index (χ0) is 28.8. The quantitative estimate of drug-likeness (QED) is 0.285. The van der Waals surface area contributed by atoms with Gasteiger partial charge in [0.15, 0.2) is 0 Å². The summed E-state index contributed by atoms with van der Waals surface area (Å²) >= 11 is 0. The van der Waals surface area contributed by atoms with E-state index < -0.39 is 5.60 Å². The number of amides is 1. The molecular weight excluding hydrogens is 512 g/mol. The molecule has 1 aromatic heterocycles. The van der Waals surface area contributed by atoms with E-state index in [9.17, 15) is 4.79 Å². The van der Waals surface area contributed by atoms with Crippen LogP contribution in [0.1, 0.15) is 109 Å². The molecule has 1 aromatic carbocycles. The Hall–Kier alpha value is -2.87. The Kier molecular flexibility index (Phi) is 9.68. The summed E-state index contributed by atoms with van der Waals surface area (Å²) in [7, 11) is 0. The number of rotatable bonds is 9. The van der Waals surface area contributed by atoms with Gasteiger partial charge in [-0.15, -0.1) is 0 Å². The Bertz CT molecular complexity index is 1160. The van der Waals surface area contributed by atoms with Gasteiger partial charge >= 0.3 is 6.09 Å². The van der Waals surface area contributed by atoms with E-state index in [2.05, 4.69) is 46.0 Å². The van der Waals surface area contributed by atoms with Crippen molar-refractivity contribution in [2.24, 2.45) is 0 Å². The van der Waals surface area contributed by atoms with Crippen LogP contribution in [0.4, 0.5) is 16.6 Å². The number of carbonyl (C=O) groups is 1. The average molecular weight is 563 g/mol. The Morgan fingerprint density at radius 3 is 2.54 bits per heavy atom. The van der Waals surface area contributed by atoms with Crippen molar-refractivity contribution in [2.45, 2.75) is 135 Å². The number of anilines is 2. The maximum absolute atomic E-state index is 12.4. The first kappa shape index (κ1) is 29.6. The third-order valence-electron chi connectivity index (χ3n) is 8.71. The molecule has 0 unspecified atom stereocenters. The van der Waals surface area contributed by atoms with Gasteiger partial charge in [-0.05, 0) is 82.4 Å². The highest BCUT2D eigenvalue weighted by Gasteiger charge is 2.33. The number of nitrogens with zero attached hydrogens (tertiary/aromatic N) is 3. The third kappa shape index (κ3) is 7.91. The molecule has 8 nitrogen and oxygen atoms in total. The van der Waals surface area contributed by atoms with Gasteiger partial charge in [0.05, 0.1) is 0 Å². The number of hydrogen-bond acceptors (Lipinski definition) is 7. The number of nitrogens with one attached hydrogen (secondary N) is 3. The fourth-order valence-corrected chi connectivity index (χ4v) is 6.53. The topological polar surface area (TPSA) is 91.4 Å². The molecule has 0 saturated heterocycles. The van der Waals surface area contributed by atoms with E-state index in [-0.39, 0.29) is 12.1 Å². The largest absolute Gasteiger partial charge is 0.444 e. The number of unbranched alkanes of at least 4 members (excludes halogenated alkanes) is 1. The van der Waals surface area contributed by atoms with Crippen LogP contribution in [-0.4, -0.2) is 46.3 Å². The van der Waals surface area contributed by atoms with Crippen molar-refractivity contribution < 1.29 is 9.53 Å². The lowest BCUT2D eigenvalue weighted by Gasteiger charge is -2.41. The average Bonchev–Trinajstić information content (AvgIpc) is 2.95. The summed E-state index contributed by atoms with van der Waals surface area (Å²) in [5.74, 6) is 1.74. The standard InChI is InChI=1S/C33H50N6O2/c1-5-6-18-34-31-36-21-29-28-17-12-23(20-35-25-10-8-7-9-11-25)19-24(28)22-39(30(29)38-31)27-15-13-26(14-16-27)37-32(40)41-33(2,3)4/h12,17,19,21,25-27,35H,5-11,13-16,18,20,22H2,1-4H3,(H,37,40)(H,34,36,38). The lowest BCUT2D eigenvalue weighted by atomic mass is 9.87. The van der Waals surface area contributed by atoms with Crippen molar-refractivity contribution >= 4 is 17.9 Å². The summed E-state index contributed by atoms with van der Waals surface area (Å²) in [6.07, 6.45) is 14.4. The second kappa shape index (κ2) is 13.4. The second-order valence-corrected chi connectivity index (χ2v) is 13.2. The number of fused-ring (bicyclic) bond motifs is 3. The van der Waals surface area contributed by atoms with Crippen LogP contribution in [0.2, 0.25) is 0 Å². The van der Waals surface area contributed by atoms with E-state index in [0.29, 0.717) is 18.0 Å². The molecule has 2 aliphatic carbocycles. The number of benzene rings is 1. The zero-order valence-electron chi connectivity index (χ0n) is 25.6. The Morgan fingerprint density at radius 2 is 1.80 bits per heavy atom. The predicted molar refractivity (Wildman–Crippen MR) is 166 cm³/mol. The van der Waals surface area contributed by atoms with Crippen LogP contribution in [0.5, 0.6) is 0 Å². The van der Waals surface area contributed by atoms with Crippen LogP contribution < -0.4 is 20.9 Å². The SMILES string of the molecule is CCCCNc1ncc2c(n1)N(C1CCC(NC(=O)OC(C)(C)C)CC1)Cc1cc(CNC3CCCCC3)ccc1-2. The van der Waals surface area contributed by atoms with Gasteiger partial charge in [0, 0.05) is 49.5 Å². The minimum Gasteiger partial charge on any atom is -0.444 e. The Labute approximate surface area is 246 Å².